The Kier molecular flexibility index (Phi) is 4.99. The lowest BCUT2D eigenvalue weighted by molar-refractivity contribution is 0.0795. The van der Waals surface area contributed by atoms with E-state index in [1.165, 1.54) is 0 Å². The number of nitrogens with one attached hydrogen (secondary N) is 1. The molecule has 0 aliphatic carbocycles. The van der Waals surface area contributed by atoms with Crippen LogP contribution in [0, 0.1) is 6.92 Å². The van der Waals surface area contributed by atoms with E-state index in [0.717, 1.165) is 22.6 Å². The lowest BCUT2D eigenvalue weighted by Gasteiger charge is -2.19. The number of rotatable bonds is 6. The first-order chi connectivity index (χ1) is 8.37. The van der Waals surface area contributed by atoms with Crippen molar-refractivity contribution in [1.29, 1.82) is 0 Å². The molecule has 1 aromatic rings. The number of hydrogen-bond acceptors (Lipinski definition) is 4. The highest BCUT2D eigenvalue weighted by atomic mass is 16.5. The first-order valence-electron chi connectivity index (χ1n) is 6.02. The molecule has 1 rings (SSSR count). The average Bonchev–Trinajstić information content (AvgIpc) is 2.29. The van der Waals surface area contributed by atoms with Gasteiger partial charge in [-0.15, -0.1) is 0 Å². The van der Waals surface area contributed by atoms with E-state index in [4.69, 9.17) is 9.47 Å². The van der Waals surface area contributed by atoms with Gasteiger partial charge in [0.1, 0.15) is 0 Å². The van der Waals surface area contributed by atoms with Crippen LogP contribution in [-0.2, 0) is 6.54 Å². The van der Waals surface area contributed by atoms with Crippen molar-refractivity contribution in [3.63, 3.8) is 0 Å². The standard InChI is InChI=1S/C14H23NO3/c1-10-6-12(17-4)13(18-5)7-11(10)8-15-9-14(2,3)16/h6-7,15-16H,8-9H2,1-5H3. The molecule has 1 aromatic carbocycles. The third-order valence-electron chi connectivity index (χ3n) is 2.72. The summed E-state index contributed by atoms with van der Waals surface area (Å²) in [6.07, 6.45) is 0. The predicted octanol–water partition coefficient (Wildman–Crippen LogP) is 1.87. The highest BCUT2D eigenvalue weighted by Gasteiger charge is 2.12. The van der Waals surface area contributed by atoms with Gasteiger partial charge in [0.05, 0.1) is 19.8 Å². The first-order valence-corrected chi connectivity index (χ1v) is 6.02. The second-order valence-electron chi connectivity index (χ2n) is 5.05. The summed E-state index contributed by atoms with van der Waals surface area (Å²) in [7, 11) is 3.25. The second-order valence-corrected chi connectivity index (χ2v) is 5.05. The van der Waals surface area contributed by atoms with Gasteiger partial charge >= 0.3 is 0 Å². The van der Waals surface area contributed by atoms with Gasteiger partial charge in [-0.1, -0.05) is 0 Å². The zero-order chi connectivity index (χ0) is 13.8. The molecule has 0 radical (unpaired) electrons. The highest BCUT2D eigenvalue weighted by Crippen LogP contribution is 2.30. The fourth-order valence-corrected chi connectivity index (χ4v) is 1.72. The summed E-state index contributed by atoms with van der Waals surface area (Å²) < 4.78 is 10.5. The van der Waals surface area contributed by atoms with Gasteiger partial charge in [-0.05, 0) is 44.0 Å². The van der Waals surface area contributed by atoms with Crippen LogP contribution in [0.2, 0.25) is 0 Å². The van der Waals surface area contributed by atoms with Gasteiger partial charge in [-0.25, -0.2) is 0 Å². The molecule has 0 aromatic heterocycles. The van der Waals surface area contributed by atoms with Crippen molar-refractivity contribution in [3.8, 4) is 11.5 Å². The SMILES string of the molecule is COc1cc(C)c(CNCC(C)(C)O)cc1OC. The number of aryl methyl sites for hydroxylation is 1. The van der Waals surface area contributed by atoms with Crippen molar-refractivity contribution < 1.29 is 14.6 Å². The Hall–Kier alpha value is -1.26. The third-order valence-corrected chi connectivity index (χ3v) is 2.72. The van der Waals surface area contributed by atoms with Crippen molar-refractivity contribution in [2.45, 2.75) is 32.9 Å². The average molecular weight is 253 g/mol. The third kappa shape index (κ3) is 4.20. The van der Waals surface area contributed by atoms with Gasteiger partial charge in [-0.3, -0.25) is 0 Å². The van der Waals surface area contributed by atoms with Crippen LogP contribution < -0.4 is 14.8 Å². The summed E-state index contributed by atoms with van der Waals surface area (Å²) in [6.45, 7) is 6.82. The minimum Gasteiger partial charge on any atom is -0.493 e. The lowest BCUT2D eigenvalue weighted by Crippen LogP contribution is -2.34. The molecular formula is C14H23NO3. The van der Waals surface area contributed by atoms with Crippen LogP contribution in [0.3, 0.4) is 0 Å². The van der Waals surface area contributed by atoms with Gasteiger partial charge in [0, 0.05) is 13.1 Å². The topological polar surface area (TPSA) is 50.7 Å². The molecule has 0 spiro atoms. The highest BCUT2D eigenvalue weighted by molar-refractivity contribution is 5.46. The molecule has 102 valence electrons. The predicted molar refractivity (Wildman–Crippen MR) is 72.3 cm³/mol. The summed E-state index contributed by atoms with van der Waals surface area (Å²) >= 11 is 0. The Morgan fingerprint density at radius 3 is 2.22 bits per heavy atom. The Balaban J connectivity index is 2.77. The van der Waals surface area contributed by atoms with Crippen molar-refractivity contribution in [2.75, 3.05) is 20.8 Å². The Morgan fingerprint density at radius 2 is 1.72 bits per heavy atom. The van der Waals surface area contributed by atoms with E-state index in [2.05, 4.69) is 5.32 Å². The summed E-state index contributed by atoms with van der Waals surface area (Å²) in [5.74, 6) is 1.46. The molecule has 0 bridgehead atoms. The van der Waals surface area contributed by atoms with E-state index in [1.54, 1.807) is 28.1 Å². The van der Waals surface area contributed by atoms with Gasteiger partial charge in [0.2, 0.25) is 0 Å². The molecule has 0 amide bonds. The molecule has 0 saturated carbocycles. The molecule has 0 aliphatic heterocycles. The fourth-order valence-electron chi connectivity index (χ4n) is 1.72. The molecule has 0 saturated heterocycles. The van der Waals surface area contributed by atoms with Gasteiger partial charge in [-0.2, -0.15) is 0 Å². The minimum absolute atomic E-state index is 0.542. The number of ether oxygens (including phenoxy) is 2. The molecule has 4 heteroatoms. The summed E-state index contributed by atoms with van der Waals surface area (Å²) in [5, 5.41) is 12.9. The number of aliphatic hydroxyl groups is 1. The summed E-state index contributed by atoms with van der Waals surface area (Å²) in [6, 6.07) is 3.92. The summed E-state index contributed by atoms with van der Waals surface area (Å²) in [4.78, 5) is 0. The van der Waals surface area contributed by atoms with Crippen molar-refractivity contribution in [2.24, 2.45) is 0 Å². The van der Waals surface area contributed by atoms with E-state index in [9.17, 15) is 5.11 Å². The van der Waals surface area contributed by atoms with E-state index >= 15 is 0 Å². The number of benzene rings is 1. The molecule has 2 N–H and O–H groups in total. The molecule has 0 aliphatic rings. The Bertz CT molecular complexity index is 397. The van der Waals surface area contributed by atoms with Crippen molar-refractivity contribution in [3.05, 3.63) is 23.3 Å². The van der Waals surface area contributed by atoms with Crippen LogP contribution in [-0.4, -0.2) is 31.5 Å². The normalized spacial score (nSPS) is 11.4. The second kappa shape index (κ2) is 6.07. The minimum atomic E-state index is -0.704. The van der Waals surface area contributed by atoms with Crippen LogP contribution in [0.5, 0.6) is 11.5 Å². The van der Waals surface area contributed by atoms with Crippen LogP contribution in [0.15, 0.2) is 12.1 Å². The van der Waals surface area contributed by atoms with Crippen LogP contribution in [0.25, 0.3) is 0 Å². The Labute approximate surface area is 109 Å². The van der Waals surface area contributed by atoms with E-state index in [0.29, 0.717) is 13.1 Å². The molecular weight excluding hydrogens is 230 g/mol. The zero-order valence-electron chi connectivity index (χ0n) is 11.8. The largest absolute Gasteiger partial charge is 0.493 e. The van der Waals surface area contributed by atoms with Crippen LogP contribution >= 0.6 is 0 Å². The molecule has 0 unspecified atom stereocenters. The molecule has 18 heavy (non-hydrogen) atoms. The fraction of sp³-hybridized carbons (Fsp3) is 0.571. The Morgan fingerprint density at radius 1 is 1.17 bits per heavy atom. The van der Waals surface area contributed by atoms with E-state index in [1.807, 2.05) is 19.1 Å². The van der Waals surface area contributed by atoms with Gasteiger partial charge < -0.3 is 19.9 Å². The maximum absolute atomic E-state index is 9.64. The quantitative estimate of drug-likeness (QED) is 0.812. The van der Waals surface area contributed by atoms with Gasteiger partial charge in [0.25, 0.3) is 0 Å². The number of methoxy groups -OCH3 is 2. The maximum atomic E-state index is 9.64. The van der Waals surface area contributed by atoms with Crippen molar-refractivity contribution in [1.82, 2.24) is 5.32 Å². The van der Waals surface area contributed by atoms with Crippen LogP contribution in [0.4, 0.5) is 0 Å². The summed E-state index contributed by atoms with van der Waals surface area (Å²) in [5.41, 5.74) is 1.57. The van der Waals surface area contributed by atoms with E-state index in [-0.39, 0.29) is 0 Å². The monoisotopic (exact) mass is 253 g/mol. The smallest absolute Gasteiger partial charge is 0.161 e. The maximum Gasteiger partial charge on any atom is 0.161 e. The molecule has 0 fully saturated rings. The van der Waals surface area contributed by atoms with Crippen molar-refractivity contribution >= 4 is 0 Å². The molecule has 0 heterocycles. The lowest BCUT2D eigenvalue weighted by atomic mass is 10.1. The molecule has 4 nitrogen and oxygen atoms in total. The van der Waals surface area contributed by atoms with Crippen LogP contribution in [0.1, 0.15) is 25.0 Å². The van der Waals surface area contributed by atoms with Gasteiger partial charge in [0.15, 0.2) is 11.5 Å². The molecule has 0 atom stereocenters. The number of hydrogen-bond donors (Lipinski definition) is 2. The zero-order valence-corrected chi connectivity index (χ0v) is 11.8. The van der Waals surface area contributed by atoms with E-state index < -0.39 is 5.60 Å². The first kappa shape index (κ1) is 14.8.